The number of aromatic nitrogens is 2. The molecule has 4 nitrogen and oxygen atoms in total. The molecule has 1 aliphatic heterocycles. The molecular weight excluding hydrogens is 368 g/mol. The van der Waals surface area contributed by atoms with Gasteiger partial charge < -0.3 is 9.84 Å². The standard InChI is InChI=1S/C16H18BrClN2O2/c17-16-11-7-19-20(14-3-1-2-4-22-14)13(11)6-12(18)15(16)10-5-9(10)8-21/h6-7,9-10,14,21H,1-5,8H2/t9-,10-,14?/m0/s1. The summed E-state index contributed by atoms with van der Waals surface area (Å²) in [6.45, 7) is 1.01. The second-order valence-corrected chi connectivity index (χ2v) is 7.41. The summed E-state index contributed by atoms with van der Waals surface area (Å²) in [5, 5.41) is 15.7. The van der Waals surface area contributed by atoms with Crippen LogP contribution in [0.2, 0.25) is 5.02 Å². The zero-order chi connectivity index (χ0) is 15.3. The molecule has 1 aromatic carbocycles. The van der Waals surface area contributed by atoms with Gasteiger partial charge in [-0.2, -0.15) is 5.10 Å². The number of halogens is 2. The van der Waals surface area contributed by atoms with E-state index < -0.39 is 0 Å². The Balaban J connectivity index is 1.77. The summed E-state index contributed by atoms with van der Waals surface area (Å²) < 4.78 is 8.81. The van der Waals surface area contributed by atoms with Crippen LogP contribution in [0.25, 0.3) is 10.9 Å². The van der Waals surface area contributed by atoms with Crippen LogP contribution in [0.3, 0.4) is 0 Å². The Labute approximate surface area is 142 Å². The van der Waals surface area contributed by atoms with Gasteiger partial charge in [0.05, 0.1) is 11.7 Å². The lowest BCUT2D eigenvalue weighted by molar-refractivity contribution is -0.0366. The Morgan fingerprint density at radius 3 is 3.00 bits per heavy atom. The van der Waals surface area contributed by atoms with E-state index in [4.69, 9.17) is 16.3 Å². The minimum Gasteiger partial charge on any atom is -0.396 e. The van der Waals surface area contributed by atoms with Crippen molar-refractivity contribution in [1.82, 2.24) is 9.78 Å². The van der Waals surface area contributed by atoms with E-state index in [2.05, 4.69) is 21.0 Å². The Morgan fingerprint density at radius 2 is 2.32 bits per heavy atom. The number of aliphatic hydroxyl groups is 1. The predicted octanol–water partition coefficient (Wildman–Crippen LogP) is 4.25. The maximum absolute atomic E-state index is 9.32. The van der Waals surface area contributed by atoms with Gasteiger partial charge in [-0.3, -0.25) is 0 Å². The summed E-state index contributed by atoms with van der Waals surface area (Å²) in [6.07, 6.45) is 6.16. The summed E-state index contributed by atoms with van der Waals surface area (Å²) in [5.41, 5.74) is 2.12. The number of hydrogen-bond acceptors (Lipinski definition) is 3. The van der Waals surface area contributed by atoms with E-state index >= 15 is 0 Å². The molecule has 3 atom stereocenters. The van der Waals surface area contributed by atoms with Crippen molar-refractivity contribution in [3.63, 3.8) is 0 Å². The van der Waals surface area contributed by atoms with Crippen molar-refractivity contribution in [1.29, 1.82) is 0 Å². The van der Waals surface area contributed by atoms with Gasteiger partial charge in [0.25, 0.3) is 0 Å². The average Bonchev–Trinajstić information content (AvgIpc) is 3.18. The van der Waals surface area contributed by atoms with E-state index in [-0.39, 0.29) is 12.8 Å². The van der Waals surface area contributed by atoms with Gasteiger partial charge in [-0.05, 0) is 65.1 Å². The van der Waals surface area contributed by atoms with Crippen LogP contribution in [0.5, 0.6) is 0 Å². The van der Waals surface area contributed by atoms with Crippen LogP contribution in [0, 0.1) is 5.92 Å². The first-order chi connectivity index (χ1) is 10.7. The van der Waals surface area contributed by atoms with Gasteiger partial charge in [-0.25, -0.2) is 4.68 Å². The third kappa shape index (κ3) is 2.39. The number of fused-ring (bicyclic) bond motifs is 1. The molecule has 2 fully saturated rings. The van der Waals surface area contributed by atoms with Crippen LogP contribution in [-0.4, -0.2) is 28.1 Å². The second-order valence-electron chi connectivity index (χ2n) is 6.21. The monoisotopic (exact) mass is 384 g/mol. The number of ether oxygens (including phenoxy) is 1. The summed E-state index contributed by atoms with van der Waals surface area (Å²) >= 11 is 10.2. The molecule has 4 rings (SSSR count). The molecule has 2 aromatic rings. The van der Waals surface area contributed by atoms with Crippen LogP contribution in [0.15, 0.2) is 16.7 Å². The van der Waals surface area contributed by atoms with E-state index in [1.165, 1.54) is 6.42 Å². The van der Waals surface area contributed by atoms with Gasteiger partial charge in [0, 0.05) is 28.1 Å². The van der Waals surface area contributed by atoms with Crippen LogP contribution >= 0.6 is 27.5 Å². The highest BCUT2D eigenvalue weighted by atomic mass is 79.9. The molecule has 1 aliphatic carbocycles. The fourth-order valence-corrected chi connectivity index (χ4v) is 4.69. The molecule has 1 N–H and O–H groups in total. The first-order valence-corrected chi connectivity index (χ1v) is 8.95. The third-order valence-corrected chi connectivity index (χ3v) is 5.95. The predicted molar refractivity (Wildman–Crippen MR) is 89.2 cm³/mol. The van der Waals surface area contributed by atoms with Crippen molar-refractivity contribution in [2.45, 2.75) is 37.8 Å². The van der Waals surface area contributed by atoms with Crippen LogP contribution in [0.4, 0.5) is 0 Å². The summed E-state index contributed by atoms with van der Waals surface area (Å²) in [6, 6.07) is 1.99. The number of aliphatic hydroxyl groups excluding tert-OH is 1. The number of benzene rings is 1. The molecule has 1 aromatic heterocycles. The number of hydrogen-bond donors (Lipinski definition) is 1. The van der Waals surface area contributed by atoms with Crippen LogP contribution < -0.4 is 0 Å². The van der Waals surface area contributed by atoms with Crippen molar-refractivity contribution < 1.29 is 9.84 Å². The molecule has 1 unspecified atom stereocenters. The molecule has 2 heterocycles. The quantitative estimate of drug-likeness (QED) is 0.859. The Kier molecular flexibility index (Phi) is 3.93. The lowest BCUT2D eigenvalue weighted by atomic mass is 10.1. The average molecular weight is 386 g/mol. The maximum Gasteiger partial charge on any atom is 0.150 e. The molecule has 0 amide bonds. The second kappa shape index (κ2) is 5.78. The van der Waals surface area contributed by atoms with E-state index in [1.54, 1.807) is 0 Å². The minimum absolute atomic E-state index is 0.00572. The molecule has 0 spiro atoms. The highest BCUT2D eigenvalue weighted by Crippen LogP contribution is 2.53. The Morgan fingerprint density at radius 1 is 1.45 bits per heavy atom. The van der Waals surface area contributed by atoms with E-state index in [0.29, 0.717) is 11.8 Å². The molecule has 2 aliphatic rings. The lowest BCUT2D eigenvalue weighted by Crippen LogP contribution is -2.18. The molecule has 6 heteroatoms. The molecule has 1 saturated heterocycles. The first kappa shape index (κ1) is 14.9. The van der Waals surface area contributed by atoms with Gasteiger partial charge in [0.2, 0.25) is 0 Å². The lowest BCUT2D eigenvalue weighted by Gasteiger charge is -2.23. The Bertz CT molecular complexity index is 712. The molecule has 22 heavy (non-hydrogen) atoms. The van der Waals surface area contributed by atoms with Crippen molar-refractivity contribution >= 4 is 38.4 Å². The van der Waals surface area contributed by atoms with Gasteiger partial charge in [0.1, 0.15) is 0 Å². The smallest absolute Gasteiger partial charge is 0.150 e. The van der Waals surface area contributed by atoms with Crippen molar-refractivity contribution in [3.05, 3.63) is 27.3 Å². The maximum atomic E-state index is 9.32. The van der Waals surface area contributed by atoms with Gasteiger partial charge in [0.15, 0.2) is 6.23 Å². The molecular formula is C16H18BrClN2O2. The van der Waals surface area contributed by atoms with E-state index in [1.807, 2.05) is 16.9 Å². The number of nitrogens with zero attached hydrogens (tertiary/aromatic N) is 2. The summed E-state index contributed by atoms with van der Waals surface area (Å²) in [4.78, 5) is 0. The highest BCUT2D eigenvalue weighted by Gasteiger charge is 2.40. The normalized spacial score (nSPS) is 28.2. The topological polar surface area (TPSA) is 47.3 Å². The third-order valence-electron chi connectivity index (χ3n) is 4.78. The van der Waals surface area contributed by atoms with Crippen molar-refractivity contribution in [2.75, 3.05) is 13.2 Å². The van der Waals surface area contributed by atoms with Gasteiger partial charge in [-0.1, -0.05) is 11.6 Å². The molecule has 0 radical (unpaired) electrons. The molecule has 1 saturated carbocycles. The van der Waals surface area contributed by atoms with Gasteiger partial charge in [-0.15, -0.1) is 0 Å². The fourth-order valence-electron chi connectivity index (χ4n) is 3.42. The fraction of sp³-hybridized carbons (Fsp3) is 0.562. The molecule has 118 valence electrons. The summed E-state index contributed by atoms with van der Waals surface area (Å²) in [5.74, 6) is 0.688. The van der Waals surface area contributed by atoms with Gasteiger partial charge >= 0.3 is 0 Å². The van der Waals surface area contributed by atoms with Crippen molar-refractivity contribution in [3.8, 4) is 0 Å². The zero-order valence-electron chi connectivity index (χ0n) is 12.1. The molecule has 0 bridgehead atoms. The van der Waals surface area contributed by atoms with Crippen LogP contribution in [0.1, 0.15) is 43.4 Å². The van der Waals surface area contributed by atoms with Crippen molar-refractivity contribution in [2.24, 2.45) is 5.92 Å². The highest BCUT2D eigenvalue weighted by molar-refractivity contribution is 9.10. The van der Waals surface area contributed by atoms with E-state index in [0.717, 1.165) is 51.8 Å². The largest absolute Gasteiger partial charge is 0.396 e. The summed E-state index contributed by atoms with van der Waals surface area (Å²) in [7, 11) is 0. The Hall–Kier alpha value is -0.620. The zero-order valence-corrected chi connectivity index (χ0v) is 14.5. The van der Waals surface area contributed by atoms with Crippen LogP contribution in [-0.2, 0) is 4.74 Å². The first-order valence-electron chi connectivity index (χ1n) is 7.78. The minimum atomic E-state index is 0.00572. The number of rotatable bonds is 3. The van der Waals surface area contributed by atoms with E-state index in [9.17, 15) is 5.11 Å². The SMILES string of the molecule is OC[C@@H]1C[C@@H]1c1c(Cl)cc2c(cnn2C2CCCCO2)c1Br.